The van der Waals surface area contributed by atoms with E-state index in [0.717, 1.165) is 16.6 Å². The normalized spacial score (nSPS) is 11.0. The first-order chi connectivity index (χ1) is 13.1. The van der Waals surface area contributed by atoms with Crippen LogP contribution in [0.3, 0.4) is 0 Å². The molecular formula is C20H15ClFN3O2. The quantitative estimate of drug-likeness (QED) is 0.532. The summed E-state index contributed by atoms with van der Waals surface area (Å²) in [6.07, 6.45) is 0. The highest BCUT2D eigenvalue weighted by Crippen LogP contribution is 2.32. The molecule has 4 aromatic rings. The molecule has 136 valence electrons. The highest BCUT2D eigenvalue weighted by atomic mass is 35.5. The molecule has 2 heterocycles. The van der Waals surface area contributed by atoms with E-state index in [0.29, 0.717) is 28.4 Å². The Labute approximate surface area is 159 Å². The minimum atomic E-state index is -0.488. The molecule has 0 spiro atoms. The summed E-state index contributed by atoms with van der Waals surface area (Å²) in [6.45, 7) is 0. The molecule has 5 nitrogen and oxygen atoms in total. The number of pyridine rings is 1. The van der Waals surface area contributed by atoms with E-state index in [9.17, 15) is 4.39 Å². The van der Waals surface area contributed by atoms with E-state index in [1.54, 1.807) is 26.4 Å². The van der Waals surface area contributed by atoms with Gasteiger partial charge in [-0.2, -0.15) is 5.10 Å². The van der Waals surface area contributed by atoms with Gasteiger partial charge in [0.15, 0.2) is 5.65 Å². The second-order valence-electron chi connectivity index (χ2n) is 5.90. The molecule has 27 heavy (non-hydrogen) atoms. The fourth-order valence-corrected chi connectivity index (χ4v) is 3.00. The van der Waals surface area contributed by atoms with Crippen molar-refractivity contribution in [1.82, 2.24) is 15.2 Å². The summed E-state index contributed by atoms with van der Waals surface area (Å²) in [5.41, 5.74) is 3.42. The van der Waals surface area contributed by atoms with Gasteiger partial charge in [0.1, 0.15) is 23.0 Å². The third kappa shape index (κ3) is 3.19. The average molecular weight is 384 g/mol. The van der Waals surface area contributed by atoms with Gasteiger partial charge in [0.25, 0.3) is 0 Å². The molecule has 4 rings (SSSR count). The molecule has 0 amide bonds. The van der Waals surface area contributed by atoms with Crippen molar-refractivity contribution in [3.63, 3.8) is 0 Å². The Balaban J connectivity index is 1.80. The van der Waals surface area contributed by atoms with Crippen molar-refractivity contribution >= 4 is 22.6 Å². The largest absolute Gasteiger partial charge is 0.497 e. The number of ether oxygens (including phenoxy) is 2. The van der Waals surface area contributed by atoms with Gasteiger partial charge in [0.2, 0.25) is 0 Å². The Morgan fingerprint density at radius 1 is 0.926 bits per heavy atom. The zero-order valence-corrected chi connectivity index (χ0v) is 15.3. The zero-order chi connectivity index (χ0) is 19.0. The zero-order valence-electron chi connectivity index (χ0n) is 14.6. The lowest BCUT2D eigenvalue weighted by Crippen LogP contribution is -1.90. The average Bonchev–Trinajstić information content (AvgIpc) is 3.12. The molecule has 0 atom stereocenters. The molecule has 0 saturated heterocycles. The van der Waals surface area contributed by atoms with Crippen molar-refractivity contribution in [3.8, 4) is 34.0 Å². The molecule has 7 heteroatoms. The second kappa shape index (κ2) is 6.89. The first kappa shape index (κ1) is 17.3. The third-order valence-electron chi connectivity index (χ3n) is 4.26. The monoisotopic (exact) mass is 383 g/mol. The third-order valence-corrected chi connectivity index (χ3v) is 4.57. The number of hydrogen-bond donors (Lipinski definition) is 1. The van der Waals surface area contributed by atoms with Crippen LogP contribution in [-0.2, 0) is 0 Å². The predicted molar refractivity (Wildman–Crippen MR) is 103 cm³/mol. The van der Waals surface area contributed by atoms with Crippen LogP contribution in [0.1, 0.15) is 0 Å². The molecule has 2 aromatic heterocycles. The topological polar surface area (TPSA) is 60.0 Å². The molecule has 0 aliphatic rings. The molecule has 0 saturated carbocycles. The van der Waals surface area contributed by atoms with Gasteiger partial charge in [-0.05, 0) is 36.4 Å². The molecule has 0 unspecified atom stereocenters. The number of methoxy groups -OCH3 is 2. The van der Waals surface area contributed by atoms with Gasteiger partial charge in [-0.3, -0.25) is 5.10 Å². The number of fused-ring (bicyclic) bond motifs is 1. The summed E-state index contributed by atoms with van der Waals surface area (Å²) in [6, 6.07) is 13.9. The van der Waals surface area contributed by atoms with Gasteiger partial charge in [0.05, 0.1) is 24.9 Å². The number of nitrogens with zero attached hydrogens (tertiary/aromatic N) is 2. The van der Waals surface area contributed by atoms with Crippen LogP contribution < -0.4 is 9.47 Å². The van der Waals surface area contributed by atoms with Crippen molar-refractivity contribution in [3.05, 3.63) is 59.4 Å². The second-order valence-corrected chi connectivity index (χ2v) is 6.30. The Hall–Kier alpha value is -3.12. The van der Waals surface area contributed by atoms with E-state index >= 15 is 0 Å². The Morgan fingerprint density at radius 2 is 1.67 bits per heavy atom. The van der Waals surface area contributed by atoms with Crippen LogP contribution in [0.25, 0.3) is 33.5 Å². The number of H-pyrrole nitrogens is 1. The maximum atomic E-state index is 13.8. The van der Waals surface area contributed by atoms with Crippen LogP contribution in [0.2, 0.25) is 5.02 Å². The van der Waals surface area contributed by atoms with Crippen molar-refractivity contribution in [2.24, 2.45) is 0 Å². The van der Waals surface area contributed by atoms with Crippen LogP contribution in [0.15, 0.2) is 48.5 Å². The lowest BCUT2D eigenvalue weighted by Gasteiger charge is -2.08. The first-order valence-corrected chi connectivity index (χ1v) is 8.51. The van der Waals surface area contributed by atoms with E-state index in [2.05, 4.69) is 15.2 Å². The molecule has 0 fully saturated rings. The van der Waals surface area contributed by atoms with Crippen LogP contribution in [0.4, 0.5) is 4.39 Å². The molecule has 0 aliphatic heterocycles. The molecule has 0 bridgehead atoms. The lowest BCUT2D eigenvalue weighted by atomic mass is 10.1. The van der Waals surface area contributed by atoms with Gasteiger partial charge in [-0.1, -0.05) is 17.7 Å². The summed E-state index contributed by atoms with van der Waals surface area (Å²) in [5.74, 6) is 0.861. The Bertz CT molecular complexity index is 1120. The molecule has 1 N–H and O–H groups in total. The van der Waals surface area contributed by atoms with Crippen LogP contribution in [0, 0.1) is 5.82 Å². The number of benzene rings is 2. The SMILES string of the molecule is COc1cc(OC)cc(-c2ccc3c(-c4ccc(Cl)c(F)c4)n[nH]c3n2)c1. The minimum Gasteiger partial charge on any atom is -0.497 e. The number of aromatic nitrogens is 3. The van der Waals surface area contributed by atoms with Crippen LogP contribution >= 0.6 is 11.6 Å². The fourth-order valence-electron chi connectivity index (χ4n) is 2.88. The Kier molecular flexibility index (Phi) is 4.41. The highest BCUT2D eigenvalue weighted by Gasteiger charge is 2.13. The summed E-state index contributed by atoms with van der Waals surface area (Å²) < 4.78 is 24.4. The minimum absolute atomic E-state index is 0.0750. The maximum absolute atomic E-state index is 13.8. The van der Waals surface area contributed by atoms with Gasteiger partial charge >= 0.3 is 0 Å². The predicted octanol–water partition coefficient (Wildman–Crippen LogP) is 5.10. The standard InChI is InChI=1S/C20H15ClFN3O2/c1-26-13-7-12(8-14(10-13)27-2)18-6-4-15-19(24-25-20(15)23-18)11-3-5-16(21)17(22)9-11/h3-10H,1-2H3,(H,23,24,25). The molecular weight excluding hydrogens is 369 g/mol. The van der Waals surface area contributed by atoms with Crippen LogP contribution in [-0.4, -0.2) is 29.4 Å². The van der Waals surface area contributed by atoms with E-state index in [1.165, 1.54) is 12.1 Å². The fraction of sp³-hybridized carbons (Fsp3) is 0.100. The number of aromatic amines is 1. The lowest BCUT2D eigenvalue weighted by molar-refractivity contribution is 0.394. The number of nitrogens with one attached hydrogen (secondary N) is 1. The molecule has 0 radical (unpaired) electrons. The summed E-state index contributed by atoms with van der Waals surface area (Å²) in [4.78, 5) is 4.63. The van der Waals surface area contributed by atoms with Crippen molar-refractivity contribution in [2.45, 2.75) is 0 Å². The van der Waals surface area contributed by atoms with Crippen molar-refractivity contribution in [2.75, 3.05) is 14.2 Å². The van der Waals surface area contributed by atoms with E-state index in [4.69, 9.17) is 21.1 Å². The molecule has 0 aliphatic carbocycles. The Morgan fingerprint density at radius 3 is 2.33 bits per heavy atom. The number of hydrogen-bond acceptors (Lipinski definition) is 4. The van der Waals surface area contributed by atoms with Gasteiger partial charge in [0, 0.05) is 22.6 Å². The summed E-state index contributed by atoms with van der Waals surface area (Å²) in [7, 11) is 3.20. The highest BCUT2D eigenvalue weighted by molar-refractivity contribution is 6.30. The maximum Gasteiger partial charge on any atom is 0.156 e. The summed E-state index contributed by atoms with van der Waals surface area (Å²) >= 11 is 5.76. The van der Waals surface area contributed by atoms with E-state index in [-0.39, 0.29) is 5.02 Å². The van der Waals surface area contributed by atoms with Gasteiger partial charge in [-0.15, -0.1) is 0 Å². The molecule has 2 aromatic carbocycles. The first-order valence-electron chi connectivity index (χ1n) is 8.13. The summed E-state index contributed by atoms with van der Waals surface area (Å²) in [5, 5.41) is 8.06. The smallest absolute Gasteiger partial charge is 0.156 e. The number of rotatable bonds is 4. The van der Waals surface area contributed by atoms with Crippen molar-refractivity contribution < 1.29 is 13.9 Å². The van der Waals surface area contributed by atoms with Crippen LogP contribution in [0.5, 0.6) is 11.5 Å². The van der Waals surface area contributed by atoms with E-state index < -0.39 is 5.82 Å². The van der Waals surface area contributed by atoms with Gasteiger partial charge in [-0.25, -0.2) is 9.37 Å². The number of halogens is 2. The van der Waals surface area contributed by atoms with Gasteiger partial charge < -0.3 is 9.47 Å². The van der Waals surface area contributed by atoms with E-state index in [1.807, 2.05) is 24.3 Å². The van der Waals surface area contributed by atoms with Crippen molar-refractivity contribution in [1.29, 1.82) is 0 Å².